The Balaban J connectivity index is 1.79. The van der Waals surface area contributed by atoms with E-state index in [9.17, 15) is 9.90 Å². The van der Waals surface area contributed by atoms with Gasteiger partial charge in [0.25, 0.3) is 5.91 Å². The van der Waals surface area contributed by atoms with E-state index in [2.05, 4.69) is 35.8 Å². The Labute approximate surface area is 141 Å². The fraction of sp³-hybridized carbons (Fsp3) is 0.143. The van der Waals surface area contributed by atoms with Crippen molar-refractivity contribution in [2.75, 3.05) is 5.73 Å². The van der Waals surface area contributed by atoms with Crippen LogP contribution in [0.25, 0.3) is 5.82 Å². The molecular weight excluding hydrogens is 328 g/mol. The van der Waals surface area contributed by atoms with Crippen LogP contribution < -0.4 is 11.2 Å². The predicted octanol–water partition coefficient (Wildman–Crippen LogP) is 0.401. The van der Waals surface area contributed by atoms with Crippen LogP contribution in [0.4, 0.5) is 5.82 Å². The van der Waals surface area contributed by atoms with Gasteiger partial charge in [-0.05, 0) is 36.3 Å². The molecule has 3 aromatic rings. The number of nitrogens with two attached hydrogens (primary N) is 1. The number of aromatic nitrogens is 5. The number of hydrazone groups is 1. The standard InChI is InChI=1S/C14H14N8O3/c1-7(9-4-3-5-10(23)6-9)16-18-14(24)11-8(2)22(21-17-11)13-12(15)19-25-20-13/h3-6,23H,1-2H3,(H2,15,19)(H,18,24)/b16-7+. The molecule has 0 atom stereocenters. The molecule has 0 spiro atoms. The second-order valence-electron chi connectivity index (χ2n) is 5.10. The molecule has 2 heterocycles. The van der Waals surface area contributed by atoms with Crippen molar-refractivity contribution in [1.29, 1.82) is 0 Å². The molecular formula is C14H14N8O3. The van der Waals surface area contributed by atoms with E-state index < -0.39 is 5.91 Å². The Morgan fingerprint density at radius 3 is 2.88 bits per heavy atom. The lowest BCUT2D eigenvalue weighted by Gasteiger charge is -2.03. The molecule has 11 nitrogen and oxygen atoms in total. The summed E-state index contributed by atoms with van der Waals surface area (Å²) in [6, 6.07) is 6.51. The van der Waals surface area contributed by atoms with Crippen molar-refractivity contribution in [2.45, 2.75) is 13.8 Å². The summed E-state index contributed by atoms with van der Waals surface area (Å²) in [4.78, 5) is 12.3. The maximum absolute atomic E-state index is 12.3. The predicted molar refractivity (Wildman–Crippen MR) is 86.1 cm³/mol. The molecule has 0 aliphatic carbocycles. The van der Waals surface area contributed by atoms with Crippen molar-refractivity contribution < 1.29 is 14.5 Å². The molecule has 25 heavy (non-hydrogen) atoms. The van der Waals surface area contributed by atoms with Crippen molar-refractivity contribution in [3.63, 3.8) is 0 Å². The Kier molecular flexibility index (Phi) is 4.12. The van der Waals surface area contributed by atoms with Gasteiger partial charge in [0.05, 0.1) is 11.4 Å². The zero-order chi connectivity index (χ0) is 18.0. The summed E-state index contributed by atoms with van der Waals surface area (Å²) >= 11 is 0. The second-order valence-corrected chi connectivity index (χ2v) is 5.10. The van der Waals surface area contributed by atoms with Gasteiger partial charge in [-0.1, -0.05) is 17.3 Å². The number of phenolic OH excluding ortho intramolecular Hbond substituents is 1. The lowest BCUT2D eigenvalue weighted by atomic mass is 10.1. The third-order valence-corrected chi connectivity index (χ3v) is 3.39. The number of anilines is 1. The van der Waals surface area contributed by atoms with Crippen LogP contribution in [0, 0.1) is 6.92 Å². The van der Waals surface area contributed by atoms with Crippen LogP contribution in [0.1, 0.15) is 28.7 Å². The van der Waals surface area contributed by atoms with Crippen LogP contribution in [-0.2, 0) is 0 Å². The molecule has 0 aliphatic rings. The first-order chi connectivity index (χ1) is 12.0. The van der Waals surface area contributed by atoms with E-state index in [1.165, 1.54) is 10.7 Å². The first-order valence-electron chi connectivity index (χ1n) is 7.12. The van der Waals surface area contributed by atoms with Crippen molar-refractivity contribution in [3.8, 4) is 11.6 Å². The Bertz CT molecular complexity index is 959. The van der Waals surface area contributed by atoms with E-state index in [1.807, 2.05) is 0 Å². The van der Waals surface area contributed by atoms with Crippen LogP contribution in [0.2, 0.25) is 0 Å². The average molecular weight is 342 g/mol. The van der Waals surface area contributed by atoms with E-state index in [1.54, 1.807) is 32.0 Å². The Morgan fingerprint density at radius 2 is 2.20 bits per heavy atom. The maximum atomic E-state index is 12.3. The number of nitrogens with zero attached hydrogens (tertiary/aromatic N) is 6. The third-order valence-electron chi connectivity index (χ3n) is 3.39. The van der Waals surface area contributed by atoms with E-state index >= 15 is 0 Å². The number of rotatable bonds is 4. The molecule has 0 saturated carbocycles. The first kappa shape index (κ1) is 16.1. The van der Waals surface area contributed by atoms with Crippen molar-refractivity contribution in [3.05, 3.63) is 41.2 Å². The molecule has 1 aromatic carbocycles. The lowest BCUT2D eigenvalue weighted by molar-refractivity contribution is 0.0949. The van der Waals surface area contributed by atoms with Crippen LogP contribution in [0.3, 0.4) is 0 Å². The maximum Gasteiger partial charge on any atom is 0.293 e. The molecule has 2 aromatic heterocycles. The van der Waals surface area contributed by atoms with Crippen molar-refractivity contribution >= 4 is 17.4 Å². The van der Waals surface area contributed by atoms with Crippen molar-refractivity contribution in [2.24, 2.45) is 5.10 Å². The number of nitrogens with one attached hydrogen (secondary N) is 1. The van der Waals surface area contributed by atoms with E-state index in [-0.39, 0.29) is 23.1 Å². The number of carbonyl (C=O) groups is 1. The van der Waals surface area contributed by atoms with Crippen molar-refractivity contribution in [1.82, 2.24) is 30.7 Å². The zero-order valence-electron chi connectivity index (χ0n) is 13.3. The molecule has 128 valence electrons. The monoisotopic (exact) mass is 342 g/mol. The molecule has 0 saturated heterocycles. The third kappa shape index (κ3) is 3.15. The first-order valence-corrected chi connectivity index (χ1v) is 7.12. The van der Waals surface area contributed by atoms with Gasteiger partial charge in [0.1, 0.15) is 5.75 Å². The molecule has 0 unspecified atom stereocenters. The number of hydrogen-bond acceptors (Lipinski definition) is 9. The number of hydrogen-bond donors (Lipinski definition) is 3. The SMILES string of the molecule is C/C(=N\NC(=O)c1nnn(-c2nonc2N)c1C)c1cccc(O)c1. The molecule has 0 fully saturated rings. The van der Waals surface area contributed by atoms with Crippen LogP contribution in [0.15, 0.2) is 34.0 Å². The van der Waals surface area contributed by atoms with Gasteiger partial charge in [0.2, 0.25) is 11.6 Å². The Morgan fingerprint density at radius 1 is 1.40 bits per heavy atom. The fourth-order valence-corrected chi connectivity index (χ4v) is 2.06. The highest BCUT2D eigenvalue weighted by atomic mass is 16.6. The summed E-state index contributed by atoms with van der Waals surface area (Å²) in [6.45, 7) is 3.31. The molecule has 11 heteroatoms. The molecule has 1 amide bonds. The minimum atomic E-state index is -0.557. The highest BCUT2D eigenvalue weighted by Gasteiger charge is 2.20. The lowest BCUT2D eigenvalue weighted by Crippen LogP contribution is -2.21. The summed E-state index contributed by atoms with van der Waals surface area (Å²) in [7, 11) is 0. The van der Waals surface area contributed by atoms with E-state index in [4.69, 9.17) is 5.73 Å². The Hall–Kier alpha value is -3.76. The molecule has 4 N–H and O–H groups in total. The van der Waals surface area contributed by atoms with Gasteiger partial charge in [-0.2, -0.15) is 9.78 Å². The number of nitrogen functional groups attached to an aromatic ring is 1. The zero-order valence-corrected chi connectivity index (χ0v) is 13.3. The summed E-state index contributed by atoms with van der Waals surface area (Å²) in [5, 5.41) is 28.2. The van der Waals surface area contributed by atoms with Crippen LogP contribution in [-0.4, -0.2) is 42.0 Å². The van der Waals surface area contributed by atoms with Crippen LogP contribution >= 0.6 is 0 Å². The summed E-state index contributed by atoms with van der Waals surface area (Å²) in [6.07, 6.45) is 0. The summed E-state index contributed by atoms with van der Waals surface area (Å²) in [5.41, 5.74) is 9.62. The number of amides is 1. The largest absolute Gasteiger partial charge is 0.508 e. The van der Waals surface area contributed by atoms with Gasteiger partial charge in [0.15, 0.2) is 5.69 Å². The molecule has 0 bridgehead atoms. The van der Waals surface area contributed by atoms with Gasteiger partial charge in [-0.25, -0.2) is 10.1 Å². The van der Waals surface area contributed by atoms with E-state index in [0.29, 0.717) is 17.0 Å². The highest BCUT2D eigenvalue weighted by molar-refractivity contribution is 6.00. The smallest absolute Gasteiger partial charge is 0.293 e. The number of benzene rings is 1. The average Bonchev–Trinajstić information content (AvgIpc) is 3.17. The van der Waals surface area contributed by atoms with Gasteiger partial charge in [-0.15, -0.1) is 5.10 Å². The van der Waals surface area contributed by atoms with Gasteiger partial charge in [0, 0.05) is 5.56 Å². The topological polar surface area (TPSA) is 157 Å². The number of phenols is 1. The molecule has 3 rings (SSSR count). The number of aromatic hydroxyl groups is 1. The second kappa shape index (κ2) is 6.39. The molecule has 0 radical (unpaired) electrons. The fourth-order valence-electron chi connectivity index (χ4n) is 2.06. The number of carbonyl (C=O) groups excluding carboxylic acids is 1. The van der Waals surface area contributed by atoms with Gasteiger partial charge < -0.3 is 10.8 Å². The van der Waals surface area contributed by atoms with Crippen LogP contribution in [0.5, 0.6) is 5.75 Å². The quantitative estimate of drug-likeness (QED) is 0.454. The summed E-state index contributed by atoms with van der Waals surface area (Å²) < 4.78 is 5.75. The molecule has 0 aliphatic heterocycles. The van der Waals surface area contributed by atoms with Gasteiger partial charge >= 0.3 is 0 Å². The van der Waals surface area contributed by atoms with Gasteiger partial charge in [-0.3, -0.25) is 4.79 Å². The minimum Gasteiger partial charge on any atom is -0.508 e. The summed E-state index contributed by atoms with van der Waals surface area (Å²) in [5.74, 6) is -0.282. The highest BCUT2D eigenvalue weighted by Crippen LogP contribution is 2.15. The van der Waals surface area contributed by atoms with E-state index in [0.717, 1.165) is 0 Å². The normalized spacial score (nSPS) is 11.5. The minimum absolute atomic E-state index is 0.0257.